The predicted octanol–water partition coefficient (Wildman–Crippen LogP) is 1.20. The number of nitrogens with one attached hydrogen (secondary N) is 2. The van der Waals surface area contributed by atoms with Crippen molar-refractivity contribution in [1.82, 2.24) is 10.6 Å². The molecule has 1 atom stereocenters. The Kier molecular flexibility index (Phi) is 7.40. The highest BCUT2D eigenvalue weighted by Crippen LogP contribution is 2.06. The van der Waals surface area contributed by atoms with E-state index >= 15 is 0 Å². The molecular formula is C10H20N2O3. The Bertz CT molecular complexity index is 207. The van der Waals surface area contributed by atoms with Gasteiger partial charge in [-0.05, 0) is 12.3 Å². The molecule has 0 rings (SSSR count). The van der Waals surface area contributed by atoms with Crippen molar-refractivity contribution in [3.63, 3.8) is 0 Å². The number of aliphatic carboxylic acids is 1. The largest absolute Gasteiger partial charge is 0.481 e. The van der Waals surface area contributed by atoms with E-state index in [2.05, 4.69) is 10.6 Å². The summed E-state index contributed by atoms with van der Waals surface area (Å²) < 4.78 is 0. The average Bonchev–Trinajstić information content (AvgIpc) is 2.20. The zero-order valence-corrected chi connectivity index (χ0v) is 9.38. The summed E-state index contributed by atoms with van der Waals surface area (Å²) in [4.78, 5) is 21.6. The fourth-order valence-corrected chi connectivity index (χ4v) is 1.15. The molecule has 5 heteroatoms. The average molecular weight is 216 g/mol. The Hall–Kier alpha value is -1.26. The molecule has 1 unspecified atom stereocenters. The van der Waals surface area contributed by atoms with Crippen LogP contribution in [0.25, 0.3) is 0 Å². The van der Waals surface area contributed by atoms with Crippen molar-refractivity contribution >= 4 is 12.0 Å². The minimum absolute atomic E-state index is 0.00914. The third-order valence-electron chi connectivity index (χ3n) is 2.13. The number of carbonyl (C=O) groups excluding carboxylic acids is 1. The smallest absolute Gasteiger partial charge is 0.314 e. The maximum absolute atomic E-state index is 11.1. The Labute approximate surface area is 90.2 Å². The zero-order chi connectivity index (χ0) is 11.7. The first kappa shape index (κ1) is 13.7. The molecule has 3 N–H and O–H groups in total. The number of carbonyl (C=O) groups is 2. The van der Waals surface area contributed by atoms with Crippen molar-refractivity contribution < 1.29 is 14.7 Å². The van der Waals surface area contributed by atoms with Gasteiger partial charge in [0.2, 0.25) is 0 Å². The second kappa shape index (κ2) is 8.08. The van der Waals surface area contributed by atoms with Crippen LogP contribution in [0.4, 0.5) is 4.79 Å². The van der Waals surface area contributed by atoms with Gasteiger partial charge in [0.15, 0.2) is 0 Å². The molecule has 0 aliphatic heterocycles. The van der Waals surface area contributed by atoms with Gasteiger partial charge in [-0.1, -0.05) is 20.3 Å². The first-order valence-electron chi connectivity index (χ1n) is 5.33. The Balaban J connectivity index is 3.69. The van der Waals surface area contributed by atoms with Crippen LogP contribution < -0.4 is 10.6 Å². The summed E-state index contributed by atoms with van der Waals surface area (Å²) in [7, 11) is 0. The second-order valence-corrected chi connectivity index (χ2v) is 3.51. The zero-order valence-electron chi connectivity index (χ0n) is 9.38. The lowest BCUT2D eigenvalue weighted by molar-refractivity contribution is -0.138. The van der Waals surface area contributed by atoms with Gasteiger partial charge in [0.1, 0.15) is 0 Å². The van der Waals surface area contributed by atoms with Crippen molar-refractivity contribution in [3.05, 3.63) is 0 Å². The van der Waals surface area contributed by atoms with E-state index in [1.807, 2.05) is 13.8 Å². The quantitative estimate of drug-likeness (QED) is 0.598. The molecule has 0 aliphatic rings. The van der Waals surface area contributed by atoms with E-state index in [1.54, 1.807) is 0 Å². The second-order valence-electron chi connectivity index (χ2n) is 3.51. The highest BCUT2D eigenvalue weighted by atomic mass is 16.4. The van der Waals surface area contributed by atoms with E-state index in [9.17, 15) is 9.59 Å². The van der Waals surface area contributed by atoms with Crippen molar-refractivity contribution in [2.75, 3.05) is 13.1 Å². The Morgan fingerprint density at radius 1 is 1.27 bits per heavy atom. The molecule has 5 nitrogen and oxygen atoms in total. The standard InChI is InChI=1S/C10H20N2O3/c1-3-5-11-10(15)12-7-8(4-2)6-9(13)14/h8H,3-7H2,1-2H3,(H,13,14)(H2,11,12,15). The van der Waals surface area contributed by atoms with Gasteiger partial charge in [0, 0.05) is 19.5 Å². The lowest BCUT2D eigenvalue weighted by Gasteiger charge is -2.13. The van der Waals surface area contributed by atoms with E-state index < -0.39 is 5.97 Å². The van der Waals surface area contributed by atoms with Gasteiger partial charge in [0.05, 0.1) is 0 Å². The Morgan fingerprint density at radius 2 is 1.93 bits per heavy atom. The van der Waals surface area contributed by atoms with Crippen LogP contribution in [0.3, 0.4) is 0 Å². The maximum Gasteiger partial charge on any atom is 0.314 e. The van der Waals surface area contributed by atoms with Gasteiger partial charge >= 0.3 is 12.0 Å². The molecule has 0 heterocycles. The molecule has 0 fully saturated rings. The normalized spacial score (nSPS) is 11.9. The fraction of sp³-hybridized carbons (Fsp3) is 0.800. The van der Waals surface area contributed by atoms with Gasteiger partial charge in [0.25, 0.3) is 0 Å². The van der Waals surface area contributed by atoms with Crippen LogP contribution in [0.2, 0.25) is 0 Å². The minimum Gasteiger partial charge on any atom is -0.481 e. The first-order valence-corrected chi connectivity index (χ1v) is 5.33. The van der Waals surface area contributed by atoms with Crippen LogP contribution >= 0.6 is 0 Å². The van der Waals surface area contributed by atoms with Crippen molar-refractivity contribution in [1.29, 1.82) is 0 Å². The SMILES string of the molecule is CCCNC(=O)NCC(CC)CC(=O)O. The summed E-state index contributed by atoms with van der Waals surface area (Å²) in [6.45, 7) is 4.94. The number of hydrogen-bond donors (Lipinski definition) is 3. The molecule has 0 bridgehead atoms. The van der Waals surface area contributed by atoms with Crippen molar-refractivity contribution in [2.24, 2.45) is 5.92 Å². The minimum atomic E-state index is -0.822. The van der Waals surface area contributed by atoms with Gasteiger partial charge < -0.3 is 15.7 Å². The van der Waals surface area contributed by atoms with Crippen molar-refractivity contribution in [2.45, 2.75) is 33.1 Å². The summed E-state index contributed by atoms with van der Waals surface area (Å²) in [6.07, 6.45) is 1.74. The summed E-state index contributed by atoms with van der Waals surface area (Å²) in [5, 5.41) is 13.9. The lowest BCUT2D eigenvalue weighted by atomic mass is 10.0. The topological polar surface area (TPSA) is 78.4 Å². The van der Waals surface area contributed by atoms with Gasteiger partial charge in [-0.3, -0.25) is 4.79 Å². The van der Waals surface area contributed by atoms with Gasteiger partial charge in [-0.2, -0.15) is 0 Å². The molecule has 0 spiro atoms. The molecule has 0 aliphatic carbocycles. The summed E-state index contributed by atoms with van der Waals surface area (Å²) in [5.74, 6) is -0.813. The van der Waals surface area contributed by atoms with E-state index in [-0.39, 0.29) is 18.4 Å². The van der Waals surface area contributed by atoms with Crippen LogP contribution in [0.15, 0.2) is 0 Å². The van der Waals surface area contributed by atoms with E-state index in [0.717, 1.165) is 12.8 Å². The summed E-state index contributed by atoms with van der Waals surface area (Å²) in [6, 6.07) is -0.222. The molecule has 0 aromatic rings. The Morgan fingerprint density at radius 3 is 2.40 bits per heavy atom. The van der Waals surface area contributed by atoms with Crippen LogP contribution in [0.1, 0.15) is 33.1 Å². The molecule has 0 saturated carbocycles. The van der Waals surface area contributed by atoms with Crippen LogP contribution in [-0.4, -0.2) is 30.2 Å². The molecular weight excluding hydrogens is 196 g/mol. The van der Waals surface area contributed by atoms with Gasteiger partial charge in [-0.25, -0.2) is 4.79 Å². The van der Waals surface area contributed by atoms with Gasteiger partial charge in [-0.15, -0.1) is 0 Å². The third kappa shape index (κ3) is 7.78. The van der Waals surface area contributed by atoms with Crippen molar-refractivity contribution in [3.8, 4) is 0 Å². The molecule has 0 aromatic carbocycles. The molecule has 2 amide bonds. The van der Waals surface area contributed by atoms with Crippen LogP contribution in [0.5, 0.6) is 0 Å². The number of urea groups is 1. The summed E-state index contributed by atoms with van der Waals surface area (Å²) in [5.41, 5.74) is 0. The van der Waals surface area contributed by atoms with E-state index in [0.29, 0.717) is 13.1 Å². The third-order valence-corrected chi connectivity index (χ3v) is 2.13. The molecule has 0 saturated heterocycles. The van der Waals surface area contributed by atoms with E-state index in [4.69, 9.17) is 5.11 Å². The number of rotatable bonds is 7. The molecule has 0 aromatic heterocycles. The number of amides is 2. The maximum atomic E-state index is 11.1. The molecule has 88 valence electrons. The monoisotopic (exact) mass is 216 g/mol. The fourth-order valence-electron chi connectivity index (χ4n) is 1.15. The predicted molar refractivity (Wildman–Crippen MR) is 57.7 cm³/mol. The highest BCUT2D eigenvalue weighted by Gasteiger charge is 2.11. The number of carboxylic acid groups (broad SMARTS) is 1. The highest BCUT2D eigenvalue weighted by molar-refractivity contribution is 5.73. The summed E-state index contributed by atoms with van der Waals surface area (Å²) >= 11 is 0. The van der Waals surface area contributed by atoms with E-state index in [1.165, 1.54) is 0 Å². The lowest BCUT2D eigenvalue weighted by Crippen LogP contribution is -2.38. The molecule has 15 heavy (non-hydrogen) atoms. The number of hydrogen-bond acceptors (Lipinski definition) is 2. The number of carboxylic acids is 1. The molecule has 0 radical (unpaired) electrons. The first-order chi connectivity index (χ1) is 7.10. The van der Waals surface area contributed by atoms with Crippen LogP contribution in [-0.2, 0) is 4.79 Å². The van der Waals surface area contributed by atoms with Crippen LogP contribution in [0, 0.1) is 5.92 Å².